The number of nitrogens with zero attached hydrogens (tertiary/aromatic N) is 1. The molecule has 3 fully saturated rings. The fourth-order valence-corrected chi connectivity index (χ4v) is 5.87. The molecule has 0 radical (unpaired) electrons. The summed E-state index contributed by atoms with van der Waals surface area (Å²) in [7, 11) is -2.88. The normalized spacial score (nSPS) is 40.6. The van der Waals surface area contributed by atoms with Gasteiger partial charge in [-0.2, -0.15) is 0 Å². The Balaban J connectivity index is 1.62. The number of carbonyl (C=O) groups excluding carboxylic acids is 1. The van der Waals surface area contributed by atoms with Gasteiger partial charge < -0.3 is 10.6 Å². The number of piperidine rings is 1. The number of hydrogen-bond acceptors (Lipinski definition) is 4. The third-order valence-corrected chi connectivity index (χ3v) is 6.68. The lowest BCUT2D eigenvalue weighted by Gasteiger charge is -2.38. The van der Waals surface area contributed by atoms with Crippen molar-refractivity contribution < 1.29 is 13.2 Å². The van der Waals surface area contributed by atoms with E-state index in [1.54, 1.807) is 0 Å². The molecule has 0 aromatic rings. The van der Waals surface area contributed by atoms with Crippen LogP contribution in [0.5, 0.6) is 0 Å². The molecule has 3 saturated heterocycles. The van der Waals surface area contributed by atoms with E-state index in [-0.39, 0.29) is 29.4 Å². The molecule has 2 bridgehead atoms. The Morgan fingerprint density at radius 1 is 1.16 bits per heavy atom. The lowest BCUT2D eigenvalue weighted by Crippen LogP contribution is -2.50. The maximum Gasteiger partial charge on any atom is 0.223 e. The predicted octanol–water partition coefficient (Wildman–Crippen LogP) is 0.292. The van der Waals surface area contributed by atoms with Crippen LogP contribution in [0.4, 0.5) is 0 Å². The van der Waals surface area contributed by atoms with Crippen LogP contribution in [0.2, 0.25) is 0 Å². The van der Waals surface area contributed by atoms with Crippen LogP contribution in [0.1, 0.15) is 38.5 Å². The smallest absolute Gasteiger partial charge is 0.223 e. The number of fused-ring (bicyclic) bond motifs is 2. The number of sulfone groups is 1. The summed E-state index contributed by atoms with van der Waals surface area (Å²) in [6, 6.07) is 0.840. The molecule has 2 N–H and O–H groups in total. The van der Waals surface area contributed by atoms with E-state index in [1.165, 1.54) is 0 Å². The monoisotopic (exact) mass is 286 g/mol. The fourth-order valence-electron chi connectivity index (χ4n) is 4.01. The second-order valence-electron chi connectivity index (χ2n) is 6.39. The third kappa shape index (κ3) is 2.65. The zero-order chi connectivity index (χ0) is 13.6. The van der Waals surface area contributed by atoms with E-state index in [9.17, 15) is 13.2 Å². The van der Waals surface area contributed by atoms with Gasteiger partial charge in [0.25, 0.3) is 0 Å². The minimum Gasteiger partial charge on any atom is -0.337 e. The standard InChI is InChI=1S/C13H22N2O3S/c14-10-6-11-1-2-12(7-10)15(11)13(16)5-9-3-4-19(17,18)8-9/h9-12H,1-8,14H2. The van der Waals surface area contributed by atoms with Crippen molar-refractivity contribution in [1.82, 2.24) is 4.90 Å². The van der Waals surface area contributed by atoms with Gasteiger partial charge in [0.2, 0.25) is 5.91 Å². The van der Waals surface area contributed by atoms with Crippen molar-refractivity contribution >= 4 is 15.7 Å². The van der Waals surface area contributed by atoms with Crippen LogP contribution in [0.3, 0.4) is 0 Å². The molecule has 5 nitrogen and oxygen atoms in total. The van der Waals surface area contributed by atoms with E-state index < -0.39 is 9.84 Å². The SMILES string of the molecule is NC1CC2CCC(C1)N2C(=O)CC1CCS(=O)(=O)C1. The Kier molecular flexibility index (Phi) is 3.33. The molecule has 0 aromatic carbocycles. The van der Waals surface area contributed by atoms with E-state index in [0.29, 0.717) is 24.9 Å². The highest BCUT2D eigenvalue weighted by molar-refractivity contribution is 7.91. The summed E-state index contributed by atoms with van der Waals surface area (Å²) in [4.78, 5) is 14.4. The summed E-state index contributed by atoms with van der Waals surface area (Å²) in [6.45, 7) is 0. The summed E-state index contributed by atoms with van der Waals surface area (Å²) in [5.41, 5.74) is 6.00. The molecule has 0 saturated carbocycles. The minimum atomic E-state index is -2.88. The molecule has 3 aliphatic heterocycles. The molecule has 3 atom stereocenters. The van der Waals surface area contributed by atoms with Crippen LogP contribution in [-0.4, -0.2) is 48.9 Å². The van der Waals surface area contributed by atoms with Crippen LogP contribution in [0.25, 0.3) is 0 Å². The van der Waals surface area contributed by atoms with Crippen LogP contribution in [0, 0.1) is 5.92 Å². The minimum absolute atomic E-state index is 0.0347. The lowest BCUT2D eigenvalue weighted by molar-refractivity contribution is -0.136. The first-order valence-electron chi connectivity index (χ1n) is 7.22. The number of nitrogens with two attached hydrogens (primary N) is 1. The molecule has 1 amide bonds. The zero-order valence-electron chi connectivity index (χ0n) is 11.1. The molecule has 0 aliphatic carbocycles. The van der Waals surface area contributed by atoms with Crippen LogP contribution in [0.15, 0.2) is 0 Å². The van der Waals surface area contributed by atoms with Crippen LogP contribution < -0.4 is 5.73 Å². The number of rotatable bonds is 2. The van der Waals surface area contributed by atoms with Gasteiger partial charge in [-0.1, -0.05) is 0 Å². The second-order valence-corrected chi connectivity index (χ2v) is 8.62. The van der Waals surface area contributed by atoms with E-state index in [4.69, 9.17) is 5.73 Å². The first-order valence-corrected chi connectivity index (χ1v) is 9.04. The van der Waals surface area contributed by atoms with E-state index in [0.717, 1.165) is 25.7 Å². The quantitative estimate of drug-likeness (QED) is 0.791. The van der Waals surface area contributed by atoms with Gasteiger partial charge >= 0.3 is 0 Å². The number of amides is 1. The number of carbonyl (C=O) groups is 1. The Hall–Kier alpha value is -0.620. The topological polar surface area (TPSA) is 80.5 Å². The average molecular weight is 286 g/mol. The van der Waals surface area contributed by atoms with E-state index >= 15 is 0 Å². The van der Waals surface area contributed by atoms with Crippen molar-refractivity contribution in [2.45, 2.75) is 56.7 Å². The van der Waals surface area contributed by atoms with Crippen molar-refractivity contribution in [2.24, 2.45) is 11.7 Å². The molecular weight excluding hydrogens is 264 g/mol. The molecule has 3 rings (SSSR count). The molecule has 3 heterocycles. The summed E-state index contributed by atoms with van der Waals surface area (Å²) < 4.78 is 22.9. The van der Waals surface area contributed by atoms with E-state index in [1.807, 2.05) is 4.90 Å². The molecule has 6 heteroatoms. The maximum atomic E-state index is 12.4. The highest BCUT2D eigenvalue weighted by Gasteiger charge is 2.43. The summed E-state index contributed by atoms with van der Waals surface area (Å²) in [5.74, 6) is 0.637. The molecule has 3 unspecified atom stereocenters. The van der Waals surface area contributed by atoms with Crippen molar-refractivity contribution in [1.29, 1.82) is 0 Å². The van der Waals surface area contributed by atoms with Gasteiger partial charge in [0.05, 0.1) is 11.5 Å². The first-order chi connectivity index (χ1) is 8.94. The van der Waals surface area contributed by atoms with Crippen molar-refractivity contribution in [3.8, 4) is 0 Å². The maximum absolute atomic E-state index is 12.4. The Morgan fingerprint density at radius 2 is 1.79 bits per heavy atom. The van der Waals surface area contributed by atoms with Gasteiger partial charge in [-0.3, -0.25) is 4.79 Å². The summed E-state index contributed by atoms with van der Waals surface area (Å²) >= 11 is 0. The Labute approximate surface area is 114 Å². The lowest BCUT2D eigenvalue weighted by atomic mass is 9.96. The molecule has 0 spiro atoms. The van der Waals surface area contributed by atoms with Gasteiger partial charge in [0.1, 0.15) is 0 Å². The molecule has 3 aliphatic rings. The molecule has 0 aromatic heterocycles. The fraction of sp³-hybridized carbons (Fsp3) is 0.923. The largest absolute Gasteiger partial charge is 0.337 e. The third-order valence-electron chi connectivity index (χ3n) is 4.85. The predicted molar refractivity (Wildman–Crippen MR) is 72.2 cm³/mol. The van der Waals surface area contributed by atoms with Crippen LogP contribution >= 0.6 is 0 Å². The van der Waals surface area contributed by atoms with Gasteiger partial charge in [0.15, 0.2) is 9.84 Å². The van der Waals surface area contributed by atoms with Gasteiger partial charge in [-0.05, 0) is 38.0 Å². The van der Waals surface area contributed by atoms with Crippen molar-refractivity contribution in [3.63, 3.8) is 0 Å². The summed E-state index contributed by atoms with van der Waals surface area (Å²) in [6.07, 6.45) is 4.99. The van der Waals surface area contributed by atoms with Gasteiger partial charge in [-0.25, -0.2) is 8.42 Å². The number of hydrogen-bond donors (Lipinski definition) is 1. The van der Waals surface area contributed by atoms with Crippen molar-refractivity contribution in [3.05, 3.63) is 0 Å². The summed E-state index contributed by atoms with van der Waals surface area (Å²) in [5, 5.41) is 0. The molecule has 108 valence electrons. The van der Waals surface area contributed by atoms with Gasteiger partial charge in [-0.15, -0.1) is 0 Å². The highest BCUT2D eigenvalue weighted by atomic mass is 32.2. The van der Waals surface area contributed by atoms with E-state index in [2.05, 4.69) is 0 Å². The first kappa shape index (κ1) is 13.4. The highest BCUT2D eigenvalue weighted by Crippen LogP contribution is 2.36. The molecule has 19 heavy (non-hydrogen) atoms. The van der Waals surface area contributed by atoms with Crippen LogP contribution in [-0.2, 0) is 14.6 Å². The Bertz CT molecular complexity index is 462. The second kappa shape index (κ2) is 4.74. The average Bonchev–Trinajstić information content (AvgIpc) is 2.77. The molecular formula is C13H22N2O3S. The zero-order valence-corrected chi connectivity index (χ0v) is 11.9. The Morgan fingerprint density at radius 3 is 2.32 bits per heavy atom. The van der Waals surface area contributed by atoms with Crippen molar-refractivity contribution in [2.75, 3.05) is 11.5 Å². The van der Waals surface area contributed by atoms with Gasteiger partial charge in [0, 0.05) is 24.5 Å².